The number of hydrogen-bond acceptors (Lipinski definition) is 3. The Labute approximate surface area is 116 Å². The minimum absolute atomic E-state index is 0.449. The fraction of sp³-hybridized carbons (Fsp3) is 0.0714. The van der Waals surface area contributed by atoms with Crippen molar-refractivity contribution in [2.24, 2.45) is 0 Å². The Morgan fingerprint density at radius 3 is 2.35 bits per heavy atom. The number of amides is 1. The summed E-state index contributed by atoms with van der Waals surface area (Å²) in [6.45, 7) is 0. The van der Waals surface area contributed by atoms with Gasteiger partial charge in [-0.15, -0.1) is 0 Å². The van der Waals surface area contributed by atoms with Crippen molar-refractivity contribution in [1.29, 1.82) is 0 Å². The van der Waals surface area contributed by atoms with E-state index in [1.54, 1.807) is 48.5 Å². The zero-order valence-corrected chi connectivity index (χ0v) is 11.3. The number of nitrogens with one attached hydrogen (secondary N) is 1. The van der Waals surface area contributed by atoms with Gasteiger partial charge in [-0.05, 0) is 24.3 Å². The number of benzene rings is 2. The van der Waals surface area contributed by atoms with Crippen LogP contribution in [0, 0.1) is 0 Å². The molecule has 0 aromatic heterocycles. The van der Waals surface area contributed by atoms with Crippen molar-refractivity contribution < 1.29 is 13.2 Å². The summed E-state index contributed by atoms with van der Waals surface area (Å²) in [5.74, 6) is -1.10. The van der Waals surface area contributed by atoms with Crippen molar-refractivity contribution in [1.82, 2.24) is 0 Å². The molecule has 0 saturated heterocycles. The maximum absolute atomic E-state index is 12.4. The van der Waals surface area contributed by atoms with Crippen LogP contribution in [0.25, 0.3) is 0 Å². The molecule has 1 amide bonds. The van der Waals surface area contributed by atoms with E-state index in [1.807, 2.05) is 6.07 Å². The summed E-state index contributed by atoms with van der Waals surface area (Å²) in [6.07, 6.45) is 0. The van der Waals surface area contributed by atoms with Crippen LogP contribution in [0.2, 0.25) is 0 Å². The lowest BCUT2D eigenvalue weighted by Gasteiger charge is -2.23. The first-order valence-corrected chi connectivity index (χ1v) is 7.66. The first-order chi connectivity index (χ1) is 9.58. The standard InChI is InChI=1S/C14H12N2O3S/c17-14-10-20(18,19)16(11-6-2-1-3-7-11)13-9-5-4-8-12(13)15-14/h1-9H,10H2,(H,15,17). The summed E-state index contributed by atoms with van der Waals surface area (Å²) in [5.41, 5.74) is 1.45. The first kappa shape index (κ1) is 12.7. The highest BCUT2D eigenvalue weighted by Gasteiger charge is 2.32. The molecule has 0 spiro atoms. The fourth-order valence-corrected chi connectivity index (χ4v) is 3.62. The molecule has 0 fully saturated rings. The molecule has 0 aliphatic carbocycles. The average Bonchev–Trinajstić information content (AvgIpc) is 2.51. The van der Waals surface area contributed by atoms with Crippen LogP contribution in [0.4, 0.5) is 17.1 Å². The van der Waals surface area contributed by atoms with E-state index in [0.29, 0.717) is 17.1 Å². The highest BCUT2D eigenvalue weighted by Crippen LogP contribution is 2.36. The molecule has 1 aliphatic heterocycles. The van der Waals surface area contributed by atoms with Gasteiger partial charge in [-0.25, -0.2) is 12.7 Å². The smallest absolute Gasteiger partial charge is 0.248 e. The van der Waals surface area contributed by atoms with Crippen molar-refractivity contribution in [3.63, 3.8) is 0 Å². The second-order valence-corrected chi connectivity index (χ2v) is 6.24. The summed E-state index contributed by atoms with van der Waals surface area (Å²) in [7, 11) is -3.75. The van der Waals surface area contributed by atoms with E-state index in [2.05, 4.69) is 5.32 Å². The Bertz CT molecular complexity index is 757. The Morgan fingerprint density at radius 2 is 1.60 bits per heavy atom. The average molecular weight is 288 g/mol. The van der Waals surface area contributed by atoms with Crippen LogP contribution in [-0.2, 0) is 14.8 Å². The molecule has 0 atom stereocenters. The summed E-state index contributed by atoms with van der Waals surface area (Å²) in [5, 5.41) is 2.62. The van der Waals surface area contributed by atoms with Crippen LogP contribution in [0.3, 0.4) is 0 Å². The Kier molecular flexibility index (Phi) is 2.94. The van der Waals surface area contributed by atoms with Gasteiger partial charge in [-0.2, -0.15) is 0 Å². The molecular formula is C14H12N2O3S. The molecule has 0 unspecified atom stereocenters. The van der Waals surface area contributed by atoms with Crippen molar-refractivity contribution in [2.45, 2.75) is 0 Å². The molecule has 1 N–H and O–H groups in total. The van der Waals surface area contributed by atoms with Gasteiger partial charge < -0.3 is 5.32 Å². The second-order valence-electron chi connectivity index (χ2n) is 4.42. The molecular weight excluding hydrogens is 276 g/mol. The second kappa shape index (κ2) is 4.64. The van der Waals surface area contributed by atoms with E-state index in [1.165, 1.54) is 4.31 Å². The number of carbonyl (C=O) groups is 1. The molecule has 5 nitrogen and oxygen atoms in total. The third-order valence-electron chi connectivity index (χ3n) is 2.98. The van der Waals surface area contributed by atoms with Gasteiger partial charge in [0.2, 0.25) is 15.9 Å². The van der Waals surface area contributed by atoms with E-state index in [0.717, 1.165) is 0 Å². The zero-order valence-electron chi connectivity index (χ0n) is 10.5. The van der Waals surface area contributed by atoms with Crippen LogP contribution >= 0.6 is 0 Å². The lowest BCUT2D eigenvalue weighted by molar-refractivity contribution is -0.113. The Hall–Kier alpha value is -2.34. The number of para-hydroxylation sites is 3. The number of rotatable bonds is 1. The molecule has 2 aromatic rings. The quantitative estimate of drug-likeness (QED) is 0.874. The van der Waals surface area contributed by atoms with E-state index < -0.39 is 21.7 Å². The molecule has 0 bridgehead atoms. The number of hydrogen-bond donors (Lipinski definition) is 1. The van der Waals surface area contributed by atoms with E-state index in [9.17, 15) is 13.2 Å². The van der Waals surface area contributed by atoms with Crippen LogP contribution in [0.1, 0.15) is 0 Å². The number of sulfonamides is 1. The maximum atomic E-state index is 12.4. The summed E-state index contributed by atoms with van der Waals surface area (Å²) in [6, 6.07) is 15.6. The molecule has 1 heterocycles. The highest BCUT2D eigenvalue weighted by atomic mass is 32.2. The Balaban J connectivity index is 2.26. The predicted octanol–water partition coefficient (Wildman–Crippen LogP) is 2.11. The predicted molar refractivity (Wildman–Crippen MR) is 77.4 cm³/mol. The van der Waals surface area contributed by atoms with Crippen molar-refractivity contribution in [2.75, 3.05) is 15.4 Å². The molecule has 102 valence electrons. The van der Waals surface area contributed by atoms with Gasteiger partial charge in [-0.1, -0.05) is 30.3 Å². The van der Waals surface area contributed by atoms with Gasteiger partial charge >= 0.3 is 0 Å². The molecule has 20 heavy (non-hydrogen) atoms. The Morgan fingerprint density at radius 1 is 0.950 bits per heavy atom. The maximum Gasteiger partial charge on any atom is 0.248 e. The molecule has 0 saturated carbocycles. The van der Waals surface area contributed by atoms with Crippen LogP contribution in [0.5, 0.6) is 0 Å². The van der Waals surface area contributed by atoms with Gasteiger partial charge in [0.1, 0.15) is 5.75 Å². The summed E-state index contributed by atoms with van der Waals surface area (Å²) >= 11 is 0. The normalized spacial score (nSPS) is 17.0. The molecule has 6 heteroatoms. The monoisotopic (exact) mass is 288 g/mol. The summed E-state index contributed by atoms with van der Waals surface area (Å²) < 4.78 is 26.1. The van der Waals surface area contributed by atoms with E-state index in [4.69, 9.17) is 0 Å². The first-order valence-electron chi connectivity index (χ1n) is 6.05. The molecule has 0 radical (unpaired) electrons. The van der Waals surface area contributed by atoms with Crippen LogP contribution < -0.4 is 9.62 Å². The van der Waals surface area contributed by atoms with Gasteiger partial charge in [0.25, 0.3) is 0 Å². The molecule has 1 aliphatic rings. The third kappa shape index (κ3) is 2.14. The fourth-order valence-electron chi connectivity index (χ4n) is 2.19. The van der Waals surface area contributed by atoms with Gasteiger partial charge in [-0.3, -0.25) is 4.79 Å². The van der Waals surface area contributed by atoms with E-state index in [-0.39, 0.29) is 0 Å². The topological polar surface area (TPSA) is 66.5 Å². The lowest BCUT2D eigenvalue weighted by Crippen LogP contribution is -2.30. The van der Waals surface area contributed by atoms with Crippen molar-refractivity contribution in [3.8, 4) is 0 Å². The summed E-state index contributed by atoms with van der Waals surface area (Å²) in [4.78, 5) is 11.7. The van der Waals surface area contributed by atoms with E-state index >= 15 is 0 Å². The highest BCUT2D eigenvalue weighted by molar-refractivity contribution is 7.93. The third-order valence-corrected chi connectivity index (χ3v) is 4.57. The minimum Gasteiger partial charge on any atom is -0.323 e. The van der Waals surface area contributed by atoms with Gasteiger partial charge in [0, 0.05) is 0 Å². The number of carbonyl (C=O) groups excluding carboxylic acids is 1. The largest absolute Gasteiger partial charge is 0.323 e. The number of nitrogens with zero attached hydrogens (tertiary/aromatic N) is 1. The molecule has 3 rings (SSSR count). The number of anilines is 3. The minimum atomic E-state index is -3.75. The van der Waals surface area contributed by atoms with Gasteiger partial charge in [0.15, 0.2) is 0 Å². The van der Waals surface area contributed by atoms with Gasteiger partial charge in [0.05, 0.1) is 17.1 Å². The lowest BCUT2D eigenvalue weighted by atomic mass is 10.2. The molecule has 2 aromatic carbocycles. The van der Waals surface area contributed by atoms with Crippen molar-refractivity contribution in [3.05, 3.63) is 54.6 Å². The zero-order chi connectivity index (χ0) is 14.2. The SMILES string of the molecule is O=C1CS(=O)(=O)N(c2ccccc2)c2ccccc2N1. The van der Waals surface area contributed by atoms with Crippen molar-refractivity contribution >= 4 is 33.0 Å². The van der Waals surface area contributed by atoms with Crippen LogP contribution in [0.15, 0.2) is 54.6 Å². The number of fused-ring (bicyclic) bond motifs is 1. The van der Waals surface area contributed by atoms with Crippen LogP contribution in [-0.4, -0.2) is 20.1 Å².